The molecule has 0 aliphatic carbocycles. The van der Waals surface area contributed by atoms with Gasteiger partial charge in [-0.3, -0.25) is 9.59 Å². The number of rotatable bonds is 4. The first kappa shape index (κ1) is 16.4. The van der Waals surface area contributed by atoms with E-state index in [-0.39, 0.29) is 11.9 Å². The zero-order valence-corrected chi connectivity index (χ0v) is 13.9. The van der Waals surface area contributed by atoms with Gasteiger partial charge in [-0.05, 0) is 25.5 Å². The maximum absolute atomic E-state index is 12.4. The van der Waals surface area contributed by atoms with Gasteiger partial charge in [0.05, 0.1) is 6.10 Å². The highest BCUT2D eigenvalue weighted by Gasteiger charge is 2.40. The van der Waals surface area contributed by atoms with Gasteiger partial charge in [-0.1, -0.05) is 48.0 Å². The SMILES string of the molecule is Cc1ccc(NC=O)c([C@]2(C)CC(=O)C[C@H](c3ccccc3)O2)c1. The second-order valence-electron chi connectivity index (χ2n) is 6.48. The van der Waals surface area contributed by atoms with Gasteiger partial charge >= 0.3 is 0 Å². The number of amides is 1. The van der Waals surface area contributed by atoms with E-state index in [4.69, 9.17) is 4.74 Å². The maximum Gasteiger partial charge on any atom is 0.211 e. The van der Waals surface area contributed by atoms with Crippen molar-refractivity contribution in [3.63, 3.8) is 0 Å². The minimum atomic E-state index is -0.771. The first-order valence-corrected chi connectivity index (χ1v) is 8.07. The molecule has 3 rings (SSSR count). The first-order valence-electron chi connectivity index (χ1n) is 8.07. The molecule has 0 radical (unpaired) electrons. The van der Waals surface area contributed by atoms with E-state index in [1.54, 1.807) is 0 Å². The van der Waals surface area contributed by atoms with Gasteiger partial charge in [0.15, 0.2) is 0 Å². The number of hydrogen-bond donors (Lipinski definition) is 1. The number of hydrogen-bond acceptors (Lipinski definition) is 3. The number of anilines is 1. The van der Waals surface area contributed by atoms with Gasteiger partial charge in [0, 0.05) is 24.1 Å². The molecule has 0 aromatic heterocycles. The Labute approximate surface area is 141 Å². The van der Waals surface area contributed by atoms with Crippen LogP contribution in [0.15, 0.2) is 48.5 Å². The lowest BCUT2D eigenvalue weighted by atomic mass is 9.83. The Morgan fingerprint density at radius 1 is 1.21 bits per heavy atom. The third-order valence-electron chi connectivity index (χ3n) is 4.48. The Kier molecular flexibility index (Phi) is 4.49. The Balaban J connectivity index is 2.01. The number of nitrogens with one attached hydrogen (secondary N) is 1. The molecule has 4 nitrogen and oxygen atoms in total. The second kappa shape index (κ2) is 6.57. The van der Waals surface area contributed by atoms with Crippen LogP contribution in [0.4, 0.5) is 5.69 Å². The fourth-order valence-corrected chi connectivity index (χ4v) is 3.35. The molecule has 2 aromatic rings. The predicted molar refractivity (Wildman–Crippen MR) is 92.7 cm³/mol. The summed E-state index contributed by atoms with van der Waals surface area (Å²) in [4.78, 5) is 23.3. The summed E-state index contributed by atoms with van der Waals surface area (Å²) in [6.07, 6.45) is 1.05. The van der Waals surface area contributed by atoms with Crippen molar-refractivity contribution in [2.45, 2.75) is 38.4 Å². The van der Waals surface area contributed by atoms with Crippen LogP contribution >= 0.6 is 0 Å². The van der Waals surface area contributed by atoms with Gasteiger partial charge in [0.25, 0.3) is 0 Å². The highest BCUT2D eigenvalue weighted by Crippen LogP contribution is 2.44. The van der Waals surface area contributed by atoms with Crippen LogP contribution in [0.1, 0.15) is 42.6 Å². The Morgan fingerprint density at radius 2 is 1.96 bits per heavy atom. The molecule has 0 spiro atoms. The number of aryl methyl sites for hydroxylation is 1. The van der Waals surface area contributed by atoms with Crippen molar-refractivity contribution in [1.82, 2.24) is 0 Å². The molecule has 0 bridgehead atoms. The maximum atomic E-state index is 12.4. The van der Waals surface area contributed by atoms with Gasteiger partial charge in [-0.2, -0.15) is 0 Å². The summed E-state index contributed by atoms with van der Waals surface area (Å²) in [7, 11) is 0. The second-order valence-corrected chi connectivity index (χ2v) is 6.48. The number of ketones is 1. The van der Waals surface area contributed by atoms with E-state index >= 15 is 0 Å². The molecule has 1 saturated heterocycles. The normalized spacial score (nSPS) is 23.8. The van der Waals surface area contributed by atoms with Gasteiger partial charge in [-0.15, -0.1) is 0 Å². The Morgan fingerprint density at radius 3 is 2.67 bits per heavy atom. The Bertz CT molecular complexity index is 757. The third-order valence-corrected chi connectivity index (χ3v) is 4.48. The number of carbonyl (C=O) groups is 2. The van der Waals surface area contributed by atoms with Crippen molar-refractivity contribution >= 4 is 17.9 Å². The zero-order chi connectivity index (χ0) is 17.2. The standard InChI is InChI=1S/C20H21NO3/c1-14-8-9-18(21-13-22)17(10-14)20(2)12-16(23)11-19(24-20)15-6-4-3-5-7-15/h3-10,13,19H,11-12H2,1-2H3,(H,21,22)/t19-,20+/m1/s1. The molecular weight excluding hydrogens is 302 g/mol. The smallest absolute Gasteiger partial charge is 0.211 e. The van der Waals surface area contributed by atoms with E-state index in [1.807, 2.05) is 62.4 Å². The molecular formula is C20H21NO3. The number of benzene rings is 2. The minimum Gasteiger partial charge on any atom is -0.362 e. The van der Waals surface area contributed by atoms with E-state index in [0.29, 0.717) is 24.9 Å². The van der Waals surface area contributed by atoms with E-state index < -0.39 is 5.60 Å². The van der Waals surface area contributed by atoms with E-state index in [1.165, 1.54) is 0 Å². The molecule has 124 valence electrons. The largest absolute Gasteiger partial charge is 0.362 e. The molecule has 4 heteroatoms. The number of carbonyl (C=O) groups excluding carboxylic acids is 2. The van der Waals surface area contributed by atoms with E-state index in [9.17, 15) is 9.59 Å². The number of Topliss-reactive ketones (excluding diaryl/α,β-unsaturated/α-hetero) is 1. The lowest BCUT2D eigenvalue weighted by Crippen LogP contribution is -2.37. The molecule has 1 amide bonds. The highest BCUT2D eigenvalue weighted by molar-refractivity contribution is 5.82. The molecule has 1 heterocycles. The van der Waals surface area contributed by atoms with Crippen molar-refractivity contribution in [2.75, 3.05) is 5.32 Å². The minimum absolute atomic E-state index is 0.163. The summed E-state index contributed by atoms with van der Waals surface area (Å²) >= 11 is 0. The van der Waals surface area contributed by atoms with Crippen LogP contribution in [0.3, 0.4) is 0 Å². The van der Waals surface area contributed by atoms with Crippen LogP contribution in [0.25, 0.3) is 0 Å². The quantitative estimate of drug-likeness (QED) is 0.868. The van der Waals surface area contributed by atoms with Crippen molar-refractivity contribution in [2.24, 2.45) is 0 Å². The van der Waals surface area contributed by atoms with Crippen molar-refractivity contribution in [3.05, 3.63) is 65.2 Å². The zero-order valence-electron chi connectivity index (χ0n) is 13.9. The molecule has 1 N–H and O–H groups in total. The molecule has 1 aliphatic heterocycles. The van der Waals surface area contributed by atoms with Crippen LogP contribution in [-0.2, 0) is 19.9 Å². The van der Waals surface area contributed by atoms with Gasteiger partial charge in [0.2, 0.25) is 6.41 Å². The lowest BCUT2D eigenvalue weighted by molar-refractivity contribution is -0.155. The average molecular weight is 323 g/mol. The molecule has 1 aliphatic rings. The molecule has 1 fully saturated rings. The summed E-state index contributed by atoms with van der Waals surface area (Å²) in [6.45, 7) is 3.90. The molecule has 24 heavy (non-hydrogen) atoms. The van der Waals surface area contributed by atoms with Crippen LogP contribution < -0.4 is 5.32 Å². The summed E-state index contributed by atoms with van der Waals surface area (Å²) in [5.41, 5.74) is 2.80. The predicted octanol–water partition coefficient (Wildman–Crippen LogP) is 3.90. The first-order chi connectivity index (χ1) is 11.5. The Hall–Kier alpha value is -2.46. The van der Waals surface area contributed by atoms with Crippen LogP contribution in [-0.4, -0.2) is 12.2 Å². The molecule has 2 atom stereocenters. The van der Waals surface area contributed by atoms with Gasteiger partial charge in [0.1, 0.15) is 11.4 Å². The summed E-state index contributed by atoms with van der Waals surface area (Å²) in [6, 6.07) is 15.5. The van der Waals surface area contributed by atoms with Crippen LogP contribution in [0.5, 0.6) is 0 Å². The van der Waals surface area contributed by atoms with Crippen molar-refractivity contribution in [1.29, 1.82) is 0 Å². The van der Waals surface area contributed by atoms with E-state index in [2.05, 4.69) is 5.32 Å². The molecule has 0 saturated carbocycles. The van der Waals surface area contributed by atoms with Crippen LogP contribution in [0, 0.1) is 6.92 Å². The summed E-state index contributed by atoms with van der Waals surface area (Å²) < 4.78 is 6.38. The number of ether oxygens (including phenoxy) is 1. The fraction of sp³-hybridized carbons (Fsp3) is 0.300. The summed E-state index contributed by atoms with van der Waals surface area (Å²) in [5.74, 6) is 0.163. The fourth-order valence-electron chi connectivity index (χ4n) is 3.35. The topological polar surface area (TPSA) is 55.4 Å². The van der Waals surface area contributed by atoms with Gasteiger partial charge in [-0.25, -0.2) is 0 Å². The average Bonchev–Trinajstić information content (AvgIpc) is 2.57. The molecule has 2 aromatic carbocycles. The van der Waals surface area contributed by atoms with E-state index in [0.717, 1.165) is 16.7 Å². The summed E-state index contributed by atoms with van der Waals surface area (Å²) in [5, 5.41) is 2.72. The lowest BCUT2D eigenvalue weighted by Gasteiger charge is -2.39. The van der Waals surface area contributed by atoms with Crippen molar-refractivity contribution in [3.8, 4) is 0 Å². The third kappa shape index (κ3) is 3.24. The highest BCUT2D eigenvalue weighted by atomic mass is 16.5. The van der Waals surface area contributed by atoms with Crippen LogP contribution in [0.2, 0.25) is 0 Å². The molecule has 0 unspecified atom stereocenters. The van der Waals surface area contributed by atoms with Gasteiger partial charge < -0.3 is 10.1 Å². The monoisotopic (exact) mass is 323 g/mol. The van der Waals surface area contributed by atoms with Crippen molar-refractivity contribution < 1.29 is 14.3 Å².